The van der Waals surface area contributed by atoms with Crippen molar-refractivity contribution in [2.45, 2.75) is 26.2 Å². The van der Waals surface area contributed by atoms with Gasteiger partial charge >= 0.3 is 0 Å². The van der Waals surface area contributed by atoms with E-state index in [2.05, 4.69) is 35.4 Å². The predicted molar refractivity (Wildman–Crippen MR) is 100 cm³/mol. The van der Waals surface area contributed by atoms with Gasteiger partial charge in [-0.25, -0.2) is 14.4 Å². The second-order valence-electron chi connectivity index (χ2n) is 6.40. The molecule has 2 aromatic heterocycles. The fourth-order valence-corrected chi connectivity index (χ4v) is 2.85. The lowest BCUT2D eigenvalue weighted by atomic mass is 10.3. The highest BCUT2D eigenvalue weighted by Crippen LogP contribution is 2.33. The summed E-state index contributed by atoms with van der Waals surface area (Å²) in [5.41, 5.74) is 7.63. The number of halogens is 2. The lowest BCUT2D eigenvalue weighted by molar-refractivity contribution is 0.0995. The number of hydrogen-bond acceptors (Lipinski definition) is 4. The molecule has 1 amide bonds. The molecule has 1 aliphatic carbocycles. The molecule has 3 aromatic rings. The average molecular weight is 420 g/mol. The van der Waals surface area contributed by atoms with Gasteiger partial charge in [0.05, 0.1) is 27.4 Å². The Morgan fingerprint density at radius 3 is 2.65 bits per heavy atom. The minimum atomic E-state index is -0.549. The summed E-state index contributed by atoms with van der Waals surface area (Å²) in [6, 6.07) is 3.30. The molecule has 2 heterocycles. The van der Waals surface area contributed by atoms with Crippen molar-refractivity contribution in [1.82, 2.24) is 19.5 Å². The van der Waals surface area contributed by atoms with Crippen LogP contribution in [-0.4, -0.2) is 25.4 Å². The Bertz CT molecular complexity index is 950. The van der Waals surface area contributed by atoms with Gasteiger partial charge in [-0.3, -0.25) is 9.78 Å². The molecule has 0 spiro atoms. The van der Waals surface area contributed by atoms with Crippen LogP contribution in [0.25, 0.3) is 11.0 Å². The smallest absolute Gasteiger partial charge is 0.268 e. The Labute approximate surface area is 158 Å². The number of hydrogen-bond donors (Lipinski definition) is 1. The summed E-state index contributed by atoms with van der Waals surface area (Å²) >= 11 is 3.21. The van der Waals surface area contributed by atoms with Gasteiger partial charge in [-0.1, -0.05) is 0 Å². The number of fused-ring (bicyclic) bond motifs is 1. The second-order valence-corrected chi connectivity index (χ2v) is 7.25. The molecule has 2 N–H and O–H groups in total. The first kappa shape index (κ1) is 18.4. The number of carbonyl (C=O) groups excluding carboxylic acids is 1. The molecule has 0 bridgehead atoms. The lowest BCUT2D eigenvalue weighted by Gasteiger charge is -2.00. The topological polar surface area (TPSA) is 86.7 Å². The molecule has 136 valence electrons. The Morgan fingerprint density at radius 1 is 1.35 bits per heavy atom. The number of amides is 1. The molecule has 1 aromatic carbocycles. The van der Waals surface area contributed by atoms with Gasteiger partial charge in [0.25, 0.3) is 5.91 Å². The number of aryl methyl sites for hydroxylation is 2. The van der Waals surface area contributed by atoms with E-state index in [1.807, 2.05) is 7.05 Å². The molecule has 1 saturated carbocycles. The molecule has 0 aliphatic heterocycles. The molecule has 1 aliphatic rings. The minimum absolute atomic E-state index is 0.200. The molecule has 1 fully saturated rings. The molecule has 6 nitrogen and oxygen atoms in total. The van der Waals surface area contributed by atoms with E-state index in [1.165, 1.54) is 31.3 Å². The highest BCUT2D eigenvalue weighted by atomic mass is 79.9. The largest absolute Gasteiger partial charge is 0.364 e. The maximum atomic E-state index is 13.4. The van der Waals surface area contributed by atoms with Crippen molar-refractivity contribution >= 4 is 32.9 Å². The van der Waals surface area contributed by atoms with Crippen molar-refractivity contribution in [3.63, 3.8) is 0 Å². The van der Waals surface area contributed by atoms with Crippen LogP contribution in [0.3, 0.4) is 0 Å². The number of nitrogens with two attached hydrogens (primary N) is 1. The minimum Gasteiger partial charge on any atom is -0.364 e. The first-order chi connectivity index (χ1) is 12.3. The number of rotatable bonds is 3. The van der Waals surface area contributed by atoms with E-state index in [0.29, 0.717) is 4.47 Å². The summed E-state index contributed by atoms with van der Waals surface area (Å²) in [4.78, 5) is 22.5. The fraction of sp³-hybridized carbons (Fsp3) is 0.333. The fourth-order valence-electron chi connectivity index (χ4n) is 2.52. The third-order valence-electron chi connectivity index (χ3n) is 4.22. The summed E-state index contributed by atoms with van der Waals surface area (Å²) in [6.45, 7) is 1.79. The lowest BCUT2D eigenvalue weighted by Crippen LogP contribution is -2.13. The highest BCUT2D eigenvalue weighted by Gasteiger charge is 2.24. The summed E-state index contributed by atoms with van der Waals surface area (Å²) in [7, 11) is 2.00. The molecule has 0 unspecified atom stereocenters. The van der Waals surface area contributed by atoms with Gasteiger partial charge < -0.3 is 10.3 Å². The molecule has 0 atom stereocenters. The monoisotopic (exact) mass is 419 g/mol. The van der Waals surface area contributed by atoms with E-state index in [1.54, 1.807) is 13.0 Å². The van der Waals surface area contributed by atoms with Crippen LogP contribution in [0.4, 0.5) is 4.39 Å². The average Bonchev–Trinajstić information content (AvgIpc) is 3.36. The maximum absolute atomic E-state index is 13.4. The van der Waals surface area contributed by atoms with Crippen LogP contribution < -0.4 is 5.73 Å². The van der Waals surface area contributed by atoms with E-state index in [0.717, 1.165) is 34.9 Å². The van der Waals surface area contributed by atoms with Crippen LogP contribution >= 0.6 is 15.9 Å². The molecule has 4 rings (SSSR count). The van der Waals surface area contributed by atoms with Crippen molar-refractivity contribution < 1.29 is 9.18 Å². The van der Waals surface area contributed by atoms with Gasteiger partial charge in [0.1, 0.15) is 17.3 Å². The Balaban J connectivity index is 0.000000170. The molecule has 26 heavy (non-hydrogen) atoms. The van der Waals surface area contributed by atoms with Gasteiger partial charge in [0.15, 0.2) is 0 Å². The van der Waals surface area contributed by atoms with Gasteiger partial charge in [-0.2, -0.15) is 0 Å². The van der Waals surface area contributed by atoms with Crippen molar-refractivity contribution in [3.05, 3.63) is 52.0 Å². The summed E-state index contributed by atoms with van der Waals surface area (Å²) in [6.07, 6.45) is 6.49. The van der Waals surface area contributed by atoms with Gasteiger partial charge in [0, 0.05) is 25.7 Å². The highest BCUT2D eigenvalue weighted by molar-refractivity contribution is 9.10. The van der Waals surface area contributed by atoms with Crippen LogP contribution in [-0.2, 0) is 13.5 Å². The predicted octanol–water partition coefficient (Wildman–Crippen LogP) is 3.31. The third-order valence-corrected chi connectivity index (χ3v) is 4.82. The number of benzene rings is 1. The van der Waals surface area contributed by atoms with Gasteiger partial charge in [0.2, 0.25) is 0 Å². The number of imidazole rings is 1. The van der Waals surface area contributed by atoms with E-state index in [-0.39, 0.29) is 11.5 Å². The first-order valence-electron chi connectivity index (χ1n) is 8.24. The van der Waals surface area contributed by atoms with E-state index in [9.17, 15) is 9.18 Å². The van der Waals surface area contributed by atoms with Crippen molar-refractivity contribution in [2.75, 3.05) is 0 Å². The van der Waals surface area contributed by atoms with Gasteiger partial charge in [-0.15, -0.1) is 0 Å². The van der Waals surface area contributed by atoms with Crippen LogP contribution in [0, 0.1) is 18.7 Å². The van der Waals surface area contributed by atoms with Crippen molar-refractivity contribution in [2.24, 2.45) is 18.7 Å². The first-order valence-corrected chi connectivity index (χ1v) is 9.03. The standard InChI is InChI=1S/C12H12BrFN2.C6H7N3O/c1-16-11-5-8(13)9(14)6-10(11)15-12(16)4-7-2-3-7;1-4-2-9-5(3-8-4)6(7)10/h5-7H,2-4H2,1H3;2-3H,1H3,(H2,7,10). The molecule has 8 heteroatoms. The van der Waals surface area contributed by atoms with E-state index in [4.69, 9.17) is 5.73 Å². The number of primary amides is 1. The summed E-state index contributed by atoms with van der Waals surface area (Å²) in [5, 5.41) is 0. The summed E-state index contributed by atoms with van der Waals surface area (Å²) in [5.74, 6) is 1.06. The second kappa shape index (κ2) is 7.49. The molecular weight excluding hydrogens is 401 g/mol. The third kappa shape index (κ3) is 4.24. The van der Waals surface area contributed by atoms with Gasteiger partial charge in [-0.05, 0) is 47.7 Å². The van der Waals surface area contributed by atoms with Crippen LogP contribution in [0.15, 0.2) is 29.0 Å². The van der Waals surface area contributed by atoms with Crippen LogP contribution in [0.2, 0.25) is 0 Å². The van der Waals surface area contributed by atoms with E-state index < -0.39 is 5.91 Å². The maximum Gasteiger partial charge on any atom is 0.268 e. The van der Waals surface area contributed by atoms with E-state index >= 15 is 0 Å². The van der Waals surface area contributed by atoms with Crippen LogP contribution in [0.1, 0.15) is 34.8 Å². The van der Waals surface area contributed by atoms with Crippen molar-refractivity contribution in [1.29, 1.82) is 0 Å². The van der Waals surface area contributed by atoms with Crippen LogP contribution in [0.5, 0.6) is 0 Å². The Kier molecular flexibility index (Phi) is 5.31. The normalized spacial score (nSPS) is 13.4. The number of nitrogens with zero attached hydrogens (tertiary/aromatic N) is 4. The zero-order valence-electron chi connectivity index (χ0n) is 14.5. The molecule has 0 radical (unpaired) electrons. The SMILES string of the molecule is Cc1cnc(C(N)=O)cn1.Cn1c(CC2CC2)nc2cc(F)c(Br)cc21. The number of carbonyl (C=O) groups is 1. The summed E-state index contributed by atoms with van der Waals surface area (Å²) < 4.78 is 15.9. The number of aromatic nitrogens is 4. The quantitative estimate of drug-likeness (QED) is 0.705. The molecular formula is C18H19BrFN5O. The Hall–Kier alpha value is -2.35. The molecule has 0 saturated heterocycles. The van der Waals surface area contributed by atoms with Crippen molar-refractivity contribution in [3.8, 4) is 0 Å². The zero-order valence-corrected chi connectivity index (χ0v) is 16.1. The Morgan fingerprint density at radius 2 is 2.08 bits per heavy atom. The zero-order chi connectivity index (χ0) is 18.8.